The number of Topliss-reactive ketones (excluding diaryl/α,β-unsaturated/α-hetero) is 1. The first-order valence-corrected chi connectivity index (χ1v) is 6.50. The van der Waals surface area contributed by atoms with Gasteiger partial charge in [0, 0.05) is 6.42 Å². The van der Waals surface area contributed by atoms with Crippen LogP contribution in [0.1, 0.15) is 28.1 Å². The summed E-state index contributed by atoms with van der Waals surface area (Å²) in [7, 11) is 1.57. The van der Waals surface area contributed by atoms with Gasteiger partial charge in [0.05, 0.1) is 7.11 Å². The van der Waals surface area contributed by atoms with Gasteiger partial charge in [0.1, 0.15) is 23.3 Å². The Bertz CT molecular complexity index is 715. The minimum Gasteiger partial charge on any atom is -0.502 e. The number of hydrogen-bond acceptors (Lipinski definition) is 5. The van der Waals surface area contributed by atoms with Crippen LogP contribution in [0.4, 0.5) is 0 Å². The third-order valence-electron chi connectivity index (χ3n) is 3.21. The maximum Gasteiger partial charge on any atom is 0.237 e. The Labute approximate surface area is 121 Å². The fraction of sp³-hybridized carbons (Fsp3) is 0.250. The number of benzene rings is 1. The molecule has 2 aromatic rings. The smallest absolute Gasteiger partial charge is 0.237 e. The van der Waals surface area contributed by atoms with E-state index in [-0.39, 0.29) is 23.5 Å². The lowest BCUT2D eigenvalue weighted by atomic mass is 10.0. The molecule has 0 bridgehead atoms. The van der Waals surface area contributed by atoms with Gasteiger partial charge in [-0.2, -0.15) is 0 Å². The van der Waals surface area contributed by atoms with Crippen molar-refractivity contribution >= 4 is 5.78 Å². The van der Waals surface area contributed by atoms with Gasteiger partial charge in [-0.25, -0.2) is 0 Å². The van der Waals surface area contributed by atoms with E-state index in [1.165, 1.54) is 6.92 Å². The first-order chi connectivity index (χ1) is 10.0. The van der Waals surface area contributed by atoms with Crippen LogP contribution in [0, 0.1) is 6.92 Å². The standard InChI is InChI=1S/C16H16O5/c1-10-15(16(19)14(18)9-21-10)13(17)7-6-11-4-3-5-12(8-11)20-2/h3-5,8-9,18H,6-7H2,1-2H3. The highest BCUT2D eigenvalue weighted by atomic mass is 16.5. The van der Waals surface area contributed by atoms with E-state index in [1.807, 2.05) is 24.3 Å². The number of carbonyl (C=O) groups is 1. The van der Waals surface area contributed by atoms with Gasteiger partial charge in [-0.1, -0.05) is 12.1 Å². The summed E-state index contributed by atoms with van der Waals surface area (Å²) in [4.78, 5) is 24.0. The van der Waals surface area contributed by atoms with Crippen LogP contribution < -0.4 is 10.2 Å². The lowest BCUT2D eigenvalue weighted by Gasteiger charge is -2.05. The van der Waals surface area contributed by atoms with E-state index in [4.69, 9.17) is 9.15 Å². The van der Waals surface area contributed by atoms with Gasteiger partial charge in [-0.05, 0) is 31.0 Å². The molecule has 0 aliphatic carbocycles. The quantitative estimate of drug-likeness (QED) is 0.855. The first-order valence-electron chi connectivity index (χ1n) is 6.50. The maximum absolute atomic E-state index is 12.2. The second kappa shape index (κ2) is 6.26. The number of aromatic hydroxyl groups is 1. The normalized spacial score (nSPS) is 10.4. The minimum atomic E-state index is -0.686. The van der Waals surface area contributed by atoms with E-state index >= 15 is 0 Å². The van der Waals surface area contributed by atoms with E-state index in [9.17, 15) is 14.7 Å². The molecule has 1 N–H and O–H groups in total. The molecule has 0 atom stereocenters. The van der Waals surface area contributed by atoms with Crippen LogP contribution in [-0.4, -0.2) is 18.0 Å². The van der Waals surface area contributed by atoms with Crippen molar-refractivity contribution in [3.63, 3.8) is 0 Å². The molecule has 0 unspecified atom stereocenters. The zero-order valence-corrected chi connectivity index (χ0v) is 11.9. The summed E-state index contributed by atoms with van der Waals surface area (Å²) in [5, 5.41) is 9.35. The summed E-state index contributed by atoms with van der Waals surface area (Å²) < 4.78 is 10.1. The van der Waals surface area contributed by atoms with Crippen molar-refractivity contribution in [2.75, 3.05) is 7.11 Å². The molecule has 1 aromatic heterocycles. The van der Waals surface area contributed by atoms with Gasteiger partial charge in [0.15, 0.2) is 11.5 Å². The molecular weight excluding hydrogens is 272 g/mol. The van der Waals surface area contributed by atoms with Crippen LogP contribution in [0.15, 0.2) is 39.7 Å². The predicted molar refractivity (Wildman–Crippen MR) is 77.0 cm³/mol. The number of ether oxygens (including phenoxy) is 1. The Morgan fingerprint density at radius 1 is 1.38 bits per heavy atom. The first kappa shape index (κ1) is 14.8. The predicted octanol–water partition coefficient (Wildman–Crippen LogP) is 2.48. The third kappa shape index (κ3) is 3.31. The Morgan fingerprint density at radius 3 is 2.86 bits per heavy atom. The van der Waals surface area contributed by atoms with Crippen molar-refractivity contribution in [2.24, 2.45) is 0 Å². The minimum absolute atomic E-state index is 0.0853. The number of aryl methyl sites for hydroxylation is 2. The van der Waals surface area contributed by atoms with Gasteiger partial charge >= 0.3 is 0 Å². The molecule has 0 saturated heterocycles. The lowest BCUT2D eigenvalue weighted by molar-refractivity contribution is 0.0977. The summed E-state index contributed by atoms with van der Waals surface area (Å²) >= 11 is 0. The molecule has 5 heteroatoms. The van der Waals surface area contributed by atoms with Crippen molar-refractivity contribution in [3.05, 3.63) is 57.6 Å². The van der Waals surface area contributed by atoms with Crippen LogP contribution in [0.5, 0.6) is 11.5 Å². The van der Waals surface area contributed by atoms with Gasteiger partial charge < -0.3 is 14.3 Å². The van der Waals surface area contributed by atoms with E-state index in [0.717, 1.165) is 11.8 Å². The molecule has 0 saturated carbocycles. The molecule has 0 radical (unpaired) electrons. The Hall–Kier alpha value is -2.56. The number of hydrogen-bond donors (Lipinski definition) is 1. The molecule has 0 amide bonds. The molecule has 21 heavy (non-hydrogen) atoms. The molecule has 110 valence electrons. The molecule has 0 aliphatic heterocycles. The number of rotatable bonds is 5. The van der Waals surface area contributed by atoms with Crippen molar-refractivity contribution < 1.29 is 19.1 Å². The summed E-state index contributed by atoms with van der Waals surface area (Å²) in [6.45, 7) is 1.53. The largest absolute Gasteiger partial charge is 0.502 e. The Kier molecular flexibility index (Phi) is 4.42. The van der Waals surface area contributed by atoms with Crippen LogP contribution >= 0.6 is 0 Å². The maximum atomic E-state index is 12.2. The summed E-state index contributed by atoms with van der Waals surface area (Å²) in [5.41, 5.74) is 0.164. The van der Waals surface area contributed by atoms with Crippen LogP contribution in [-0.2, 0) is 6.42 Å². The highest BCUT2D eigenvalue weighted by molar-refractivity contribution is 5.97. The molecule has 2 rings (SSSR count). The zero-order valence-electron chi connectivity index (χ0n) is 11.9. The second-order valence-electron chi connectivity index (χ2n) is 4.66. The third-order valence-corrected chi connectivity index (χ3v) is 3.21. The van der Waals surface area contributed by atoms with Crippen LogP contribution in [0.25, 0.3) is 0 Å². The van der Waals surface area contributed by atoms with Gasteiger partial charge in [0.25, 0.3) is 0 Å². The fourth-order valence-electron chi connectivity index (χ4n) is 2.08. The highest BCUT2D eigenvalue weighted by Gasteiger charge is 2.17. The second-order valence-corrected chi connectivity index (χ2v) is 4.66. The fourth-order valence-corrected chi connectivity index (χ4v) is 2.08. The monoisotopic (exact) mass is 288 g/mol. The van der Waals surface area contributed by atoms with Gasteiger partial charge in [-0.15, -0.1) is 0 Å². The molecular formula is C16H16O5. The highest BCUT2D eigenvalue weighted by Crippen LogP contribution is 2.16. The van der Waals surface area contributed by atoms with Crippen molar-refractivity contribution in [1.29, 1.82) is 0 Å². The topological polar surface area (TPSA) is 76.7 Å². The van der Waals surface area contributed by atoms with Gasteiger partial charge in [-0.3, -0.25) is 9.59 Å². The number of methoxy groups -OCH3 is 1. The molecule has 1 aromatic carbocycles. The zero-order chi connectivity index (χ0) is 15.4. The summed E-state index contributed by atoms with van der Waals surface area (Å²) in [6, 6.07) is 7.38. The average molecular weight is 288 g/mol. The molecule has 1 heterocycles. The van der Waals surface area contributed by atoms with Crippen molar-refractivity contribution in [3.8, 4) is 11.5 Å². The van der Waals surface area contributed by atoms with Crippen LogP contribution in [0.3, 0.4) is 0 Å². The Morgan fingerprint density at radius 2 is 2.14 bits per heavy atom. The SMILES string of the molecule is COc1cccc(CCC(=O)c2c(C)occ(O)c2=O)c1. The molecule has 0 fully saturated rings. The van der Waals surface area contributed by atoms with Gasteiger partial charge in [0.2, 0.25) is 5.43 Å². The van der Waals surface area contributed by atoms with E-state index < -0.39 is 11.2 Å². The van der Waals surface area contributed by atoms with E-state index in [0.29, 0.717) is 12.2 Å². The molecule has 0 aliphatic rings. The molecule has 0 spiro atoms. The number of ketones is 1. The Balaban J connectivity index is 2.16. The molecule has 5 nitrogen and oxygen atoms in total. The summed E-state index contributed by atoms with van der Waals surface area (Å²) in [6.07, 6.45) is 1.57. The lowest BCUT2D eigenvalue weighted by Crippen LogP contribution is -2.17. The van der Waals surface area contributed by atoms with Crippen molar-refractivity contribution in [1.82, 2.24) is 0 Å². The van der Waals surface area contributed by atoms with Crippen LogP contribution in [0.2, 0.25) is 0 Å². The van der Waals surface area contributed by atoms with Crippen molar-refractivity contribution in [2.45, 2.75) is 19.8 Å². The number of carbonyl (C=O) groups excluding carboxylic acids is 1. The van der Waals surface area contributed by atoms with E-state index in [1.54, 1.807) is 7.11 Å². The van der Waals surface area contributed by atoms with E-state index in [2.05, 4.69) is 0 Å². The summed E-state index contributed by atoms with van der Waals surface area (Å²) in [5.74, 6) is 0.0340. The average Bonchev–Trinajstić information content (AvgIpc) is 2.49.